The number of benzene rings is 1. The van der Waals surface area contributed by atoms with Gasteiger partial charge in [-0.2, -0.15) is 0 Å². The number of carbonyl (C=O) groups is 1. The summed E-state index contributed by atoms with van der Waals surface area (Å²) in [6.45, 7) is 7.53. The molecule has 0 fully saturated rings. The summed E-state index contributed by atoms with van der Waals surface area (Å²) < 4.78 is 4.43. The summed E-state index contributed by atoms with van der Waals surface area (Å²) >= 11 is 0. The average molecular weight is 190 g/mol. The molecule has 2 nitrogen and oxygen atoms in total. The Balaban J connectivity index is 0.000000140. The van der Waals surface area contributed by atoms with E-state index in [0.717, 1.165) is 6.08 Å². The Morgan fingerprint density at radius 3 is 2.29 bits per heavy atom. The van der Waals surface area contributed by atoms with Gasteiger partial charge in [-0.25, -0.2) is 4.79 Å². The van der Waals surface area contributed by atoms with E-state index < -0.39 is 0 Å². The Morgan fingerprint density at radius 1 is 1.50 bits per heavy atom. The molecule has 2 aliphatic rings. The van der Waals surface area contributed by atoms with Crippen LogP contribution in [0.25, 0.3) is 11.1 Å². The van der Waals surface area contributed by atoms with Crippen molar-refractivity contribution in [3.05, 3.63) is 36.4 Å². The lowest BCUT2D eigenvalue weighted by molar-refractivity contribution is -0.137. The molecular weight excluding hydrogens is 176 g/mol. The van der Waals surface area contributed by atoms with Crippen LogP contribution in [0.3, 0.4) is 0 Å². The topological polar surface area (TPSA) is 26.3 Å². The van der Waals surface area contributed by atoms with Crippen molar-refractivity contribution in [3.63, 3.8) is 0 Å². The molecule has 2 rings (SSSR count). The van der Waals surface area contributed by atoms with Gasteiger partial charge in [0.25, 0.3) is 0 Å². The fraction of sp³-hybridized carbons (Fsp3) is 0.250. The molecule has 0 aromatic heterocycles. The maximum absolute atomic E-state index is 10.1. The van der Waals surface area contributed by atoms with E-state index >= 15 is 0 Å². The van der Waals surface area contributed by atoms with Gasteiger partial charge in [-0.15, -0.1) is 0 Å². The lowest BCUT2D eigenvalue weighted by Gasteiger charge is -1.90. The summed E-state index contributed by atoms with van der Waals surface area (Å²) in [5.74, 6) is -0.359. The van der Waals surface area contributed by atoms with Crippen LogP contribution in [-0.4, -0.2) is 12.6 Å². The van der Waals surface area contributed by atoms with Gasteiger partial charge in [0.1, 0.15) is 0 Å². The van der Waals surface area contributed by atoms with E-state index in [9.17, 15) is 4.79 Å². The van der Waals surface area contributed by atoms with Gasteiger partial charge in [0, 0.05) is 6.08 Å². The van der Waals surface area contributed by atoms with Crippen LogP contribution >= 0.6 is 0 Å². The largest absolute Gasteiger partial charge is 0.463 e. The van der Waals surface area contributed by atoms with Gasteiger partial charge in [-0.3, -0.25) is 0 Å². The van der Waals surface area contributed by atoms with Crippen LogP contribution in [-0.2, 0) is 9.53 Å². The number of aryl methyl sites for hydroxylation is 1. The van der Waals surface area contributed by atoms with E-state index in [1.54, 1.807) is 6.92 Å². The van der Waals surface area contributed by atoms with Gasteiger partial charge in [-0.05, 0) is 30.5 Å². The quantitative estimate of drug-likeness (QED) is 0.537. The molecule has 2 aliphatic carbocycles. The predicted octanol–water partition coefficient (Wildman–Crippen LogP) is 2.71. The van der Waals surface area contributed by atoms with Crippen molar-refractivity contribution >= 4 is 5.97 Å². The maximum atomic E-state index is 10.1. The van der Waals surface area contributed by atoms with Crippen molar-refractivity contribution in [3.8, 4) is 11.1 Å². The number of rotatable bonds is 2. The number of fused-ring (bicyclic) bond motifs is 1. The number of hydrogen-bond donors (Lipinski definition) is 0. The zero-order valence-corrected chi connectivity index (χ0v) is 8.54. The van der Waals surface area contributed by atoms with Crippen LogP contribution in [0.1, 0.15) is 12.5 Å². The molecule has 0 aromatic rings. The monoisotopic (exact) mass is 190 g/mol. The van der Waals surface area contributed by atoms with Crippen molar-refractivity contribution in [1.29, 1.82) is 0 Å². The first-order chi connectivity index (χ1) is 6.70. The summed E-state index contributed by atoms with van der Waals surface area (Å²) in [7, 11) is 0. The van der Waals surface area contributed by atoms with Crippen LogP contribution in [0.4, 0.5) is 0 Å². The third-order valence-corrected chi connectivity index (χ3v) is 2.01. The first-order valence-corrected chi connectivity index (χ1v) is 4.59. The average Bonchev–Trinajstić information content (AvgIpc) is 2.67. The second-order valence-electron chi connectivity index (χ2n) is 2.93. The Bertz CT molecular complexity index is 333. The zero-order chi connectivity index (χ0) is 10.6. The Hall–Kier alpha value is -1.57. The minimum atomic E-state index is -0.359. The lowest BCUT2D eigenvalue weighted by atomic mass is 10.5. The van der Waals surface area contributed by atoms with Crippen molar-refractivity contribution < 1.29 is 9.53 Å². The summed E-state index contributed by atoms with van der Waals surface area (Å²) in [6.07, 6.45) is 1.14. The number of carbonyl (C=O) groups excluding carboxylic acids is 1. The van der Waals surface area contributed by atoms with Gasteiger partial charge >= 0.3 is 5.97 Å². The molecule has 2 heteroatoms. The lowest BCUT2D eigenvalue weighted by Crippen LogP contribution is -1.97. The second kappa shape index (κ2) is 4.61. The van der Waals surface area contributed by atoms with E-state index in [-0.39, 0.29) is 5.97 Å². The summed E-state index contributed by atoms with van der Waals surface area (Å²) in [5.41, 5.74) is 4.43. The fourth-order valence-electron chi connectivity index (χ4n) is 1.19. The van der Waals surface area contributed by atoms with Crippen LogP contribution in [0.5, 0.6) is 0 Å². The summed E-state index contributed by atoms with van der Waals surface area (Å²) in [6, 6.07) is 6.41. The third kappa shape index (κ3) is 2.46. The van der Waals surface area contributed by atoms with Crippen molar-refractivity contribution in [2.24, 2.45) is 0 Å². The second-order valence-corrected chi connectivity index (χ2v) is 2.93. The van der Waals surface area contributed by atoms with E-state index in [1.165, 1.54) is 16.7 Å². The SMILES string of the molecule is C=CC(=O)OCC.Cc1c2cccc1-2. The minimum Gasteiger partial charge on any atom is -0.463 e. The fourth-order valence-corrected chi connectivity index (χ4v) is 1.19. The molecule has 0 heterocycles. The Labute approximate surface area is 84.2 Å². The van der Waals surface area contributed by atoms with Crippen LogP contribution < -0.4 is 0 Å². The molecule has 0 atom stereocenters. The molecule has 0 radical (unpaired) electrons. The van der Waals surface area contributed by atoms with E-state index in [0.29, 0.717) is 6.61 Å². The van der Waals surface area contributed by atoms with Gasteiger partial charge in [-0.1, -0.05) is 24.8 Å². The standard InChI is InChI=1S/C7H6.C5H8O2/c1-5-6-3-2-4-7(5)6;1-3-5(6)7-4-2/h2-4H,1H3;3H,1,4H2,2H3. The van der Waals surface area contributed by atoms with Crippen molar-refractivity contribution in [2.45, 2.75) is 13.8 Å². The molecule has 0 bridgehead atoms. The zero-order valence-electron chi connectivity index (χ0n) is 8.54. The highest BCUT2D eigenvalue weighted by atomic mass is 16.5. The number of esters is 1. The molecule has 14 heavy (non-hydrogen) atoms. The van der Waals surface area contributed by atoms with Gasteiger partial charge in [0.15, 0.2) is 0 Å². The maximum Gasteiger partial charge on any atom is 0.330 e. The highest BCUT2D eigenvalue weighted by Crippen LogP contribution is 2.40. The summed E-state index contributed by atoms with van der Waals surface area (Å²) in [4.78, 5) is 10.1. The molecule has 0 amide bonds. The molecule has 0 N–H and O–H groups in total. The van der Waals surface area contributed by atoms with Gasteiger partial charge in [0.05, 0.1) is 6.61 Å². The predicted molar refractivity (Wildman–Crippen MR) is 57.0 cm³/mol. The highest BCUT2D eigenvalue weighted by molar-refractivity contribution is 5.88. The number of ether oxygens (including phenoxy) is 1. The summed E-state index contributed by atoms with van der Waals surface area (Å²) in [5, 5.41) is 0. The van der Waals surface area contributed by atoms with Gasteiger partial charge in [0.2, 0.25) is 0 Å². The molecule has 0 spiro atoms. The molecule has 0 unspecified atom stereocenters. The normalized spacial score (nSPS) is 9.57. The van der Waals surface area contributed by atoms with Crippen molar-refractivity contribution in [1.82, 2.24) is 0 Å². The molecule has 74 valence electrons. The van der Waals surface area contributed by atoms with Crippen LogP contribution in [0.2, 0.25) is 0 Å². The number of hydrogen-bond acceptors (Lipinski definition) is 2. The molecule has 0 aromatic carbocycles. The molecule has 0 saturated heterocycles. The first kappa shape index (κ1) is 10.5. The van der Waals surface area contributed by atoms with E-state index in [1.807, 2.05) is 0 Å². The smallest absolute Gasteiger partial charge is 0.330 e. The van der Waals surface area contributed by atoms with Crippen molar-refractivity contribution in [2.75, 3.05) is 6.61 Å². The molecule has 0 saturated carbocycles. The van der Waals surface area contributed by atoms with E-state index in [2.05, 4.69) is 36.4 Å². The Morgan fingerprint density at radius 2 is 2.07 bits per heavy atom. The van der Waals surface area contributed by atoms with E-state index in [4.69, 9.17) is 0 Å². The highest BCUT2D eigenvalue weighted by Gasteiger charge is 2.17. The van der Waals surface area contributed by atoms with Gasteiger partial charge < -0.3 is 4.74 Å². The van der Waals surface area contributed by atoms with Crippen LogP contribution in [0.15, 0.2) is 30.9 Å². The minimum absolute atomic E-state index is 0.359. The Kier molecular flexibility index (Phi) is 3.46. The van der Waals surface area contributed by atoms with Crippen LogP contribution in [0, 0.1) is 6.92 Å². The molecular formula is C12H14O2. The third-order valence-electron chi connectivity index (χ3n) is 2.01. The first-order valence-electron chi connectivity index (χ1n) is 4.59. The molecule has 0 aliphatic heterocycles.